The highest BCUT2D eigenvalue weighted by molar-refractivity contribution is 6.31. The first-order valence-electron chi connectivity index (χ1n) is 10.9. The Balaban J connectivity index is 1.49. The van der Waals surface area contributed by atoms with Crippen LogP contribution in [0.4, 0.5) is 17.1 Å². The highest BCUT2D eigenvalue weighted by atomic mass is 35.5. The van der Waals surface area contributed by atoms with Crippen molar-refractivity contribution in [2.75, 3.05) is 4.90 Å². The van der Waals surface area contributed by atoms with E-state index in [4.69, 9.17) is 16.0 Å². The van der Waals surface area contributed by atoms with Gasteiger partial charge in [0, 0.05) is 38.9 Å². The number of halogens is 1. The molecule has 1 aromatic heterocycles. The predicted octanol–water partition coefficient (Wildman–Crippen LogP) is 9.38. The third kappa shape index (κ3) is 3.65. The van der Waals surface area contributed by atoms with Gasteiger partial charge in [0.2, 0.25) is 0 Å². The molecule has 2 nitrogen and oxygen atoms in total. The number of hydrogen-bond donors (Lipinski definition) is 0. The number of furan rings is 1. The van der Waals surface area contributed by atoms with Crippen LogP contribution in [0.15, 0.2) is 126 Å². The molecule has 0 saturated carbocycles. The van der Waals surface area contributed by atoms with Crippen LogP contribution in [0, 0.1) is 0 Å². The summed E-state index contributed by atoms with van der Waals surface area (Å²) in [7, 11) is 0. The van der Waals surface area contributed by atoms with Gasteiger partial charge >= 0.3 is 0 Å². The van der Waals surface area contributed by atoms with Gasteiger partial charge in [0.15, 0.2) is 0 Å². The summed E-state index contributed by atoms with van der Waals surface area (Å²) in [4.78, 5) is 2.27. The van der Waals surface area contributed by atoms with Gasteiger partial charge < -0.3 is 9.32 Å². The van der Waals surface area contributed by atoms with Crippen molar-refractivity contribution in [3.8, 4) is 11.1 Å². The quantitative estimate of drug-likeness (QED) is 0.268. The maximum Gasteiger partial charge on any atom is 0.136 e. The van der Waals surface area contributed by atoms with Gasteiger partial charge in [-0.3, -0.25) is 0 Å². The van der Waals surface area contributed by atoms with E-state index in [0.29, 0.717) is 5.02 Å². The van der Waals surface area contributed by atoms with Gasteiger partial charge in [-0.2, -0.15) is 0 Å². The number of rotatable bonds is 4. The molecule has 1 heterocycles. The lowest BCUT2D eigenvalue weighted by atomic mass is 10.0. The normalized spacial score (nSPS) is 11.2. The van der Waals surface area contributed by atoms with E-state index in [1.165, 1.54) is 11.1 Å². The lowest BCUT2D eigenvalue weighted by Gasteiger charge is -2.25. The van der Waals surface area contributed by atoms with Crippen LogP contribution in [0.1, 0.15) is 0 Å². The average molecular weight is 446 g/mol. The van der Waals surface area contributed by atoms with Crippen molar-refractivity contribution >= 4 is 50.6 Å². The Kier molecular flexibility index (Phi) is 4.86. The molecule has 33 heavy (non-hydrogen) atoms. The summed E-state index contributed by atoms with van der Waals surface area (Å²) >= 11 is 6.18. The number of para-hydroxylation sites is 1. The Morgan fingerprint density at radius 1 is 0.485 bits per heavy atom. The van der Waals surface area contributed by atoms with E-state index >= 15 is 0 Å². The summed E-state index contributed by atoms with van der Waals surface area (Å²) in [5, 5.41) is 2.80. The molecule has 158 valence electrons. The van der Waals surface area contributed by atoms with E-state index in [2.05, 4.69) is 89.8 Å². The van der Waals surface area contributed by atoms with Crippen LogP contribution in [0.3, 0.4) is 0 Å². The van der Waals surface area contributed by atoms with Gasteiger partial charge in [0.1, 0.15) is 11.2 Å². The van der Waals surface area contributed by atoms with E-state index in [-0.39, 0.29) is 0 Å². The van der Waals surface area contributed by atoms with Gasteiger partial charge in [-0.25, -0.2) is 0 Å². The molecule has 0 radical (unpaired) electrons. The molecule has 0 fully saturated rings. The first-order valence-corrected chi connectivity index (χ1v) is 11.3. The van der Waals surface area contributed by atoms with Crippen LogP contribution >= 0.6 is 11.6 Å². The fourth-order valence-electron chi connectivity index (χ4n) is 4.34. The van der Waals surface area contributed by atoms with Crippen LogP contribution < -0.4 is 4.90 Å². The molecule has 0 spiro atoms. The highest BCUT2D eigenvalue weighted by Gasteiger charge is 2.15. The third-order valence-corrected chi connectivity index (χ3v) is 6.16. The lowest BCUT2D eigenvalue weighted by Crippen LogP contribution is -2.09. The Hall–Kier alpha value is -4.01. The maximum absolute atomic E-state index is 6.18. The SMILES string of the molecule is Clc1ccc2c(c1)oc1ccc(N(c3ccccc3)c3ccc(-c4ccccc4)cc3)cc12. The fourth-order valence-corrected chi connectivity index (χ4v) is 4.50. The molecule has 0 amide bonds. The molecule has 5 aromatic carbocycles. The summed E-state index contributed by atoms with van der Waals surface area (Å²) in [5.41, 5.74) is 7.31. The van der Waals surface area contributed by atoms with Gasteiger partial charge in [0.25, 0.3) is 0 Å². The summed E-state index contributed by atoms with van der Waals surface area (Å²) in [6.07, 6.45) is 0. The minimum Gasteiger partial charge on any atom is -0.456 e. The van der Waals surface area contributed by atoms with Crippen LogP contribution in [-0.2, 0) is 0 Å². The van der Waals surface area contributed by atoms with E-state index in [1.807, 2.05) is 36.4 Å². The molecule has 0 unspecified atom stereocenters. The largest absolute Gasteiger partial charge is 0.456 e. The first kappa shape index (κ1) is 19.7. The second-order valence-corrected chi connectivity index (χ2v) is 8.44. The van der Waals surface area contributed by atoms with Crippen molar-refractivity contribution in [2.24, 2.45) is 0 Å². The maximum atomic E-state index is 6.18. The van der Waals surface area contributed by atoms with Gasteiger partial charge in [0.05, 0.1) is 0 Å². The molecule has 0 aliphatic carbocycles. The zero-order valence-corrected chi connectivity index (χ0v) is 18.5. The number of fused-ring (bicyclic) bond motifs is 3. The number of benzene rings is 5. The van der Waals surface area contributed by atoms with Crippen molar-refractivity contribution < 1.29 is 4.42 Å². The van der Waals surface area contributed by atoms with E-state index in [0.717, 1.165) is 39.0 Å². The fraction of sp³-hybridized carbons (Fsp3) is 0. The summed E-state index contributed by atoms with van der Waals surface area (Å²) in [6.45, 7) is 0. The second-order valence-electron chi connectivity index (χ2n) is 8.01. The average Bonchev–Trinajstić information content (AvgIpc) is 3.23. The van der Waals surface area contributed by atoms with Gasteiger partial charge in [-0.15, -0.1) is 0 Å². The lowest BCUT2D eigenvalue weighted by molar-refractivity contribution is 0.669. The standard InChI is InChI=1S/C30H20ClNO/c31-23-13-17-27-28-20-26(16-18-29(28)33-30(27)19-23)32(24-9-5-2-6-10-24)25-14-11-22(12-15-25)21-7-3-1-4-8-21/h1-20H. The second kappa shape index (κ2) is 8.16. The Bertz CT molecular complexity index is 1550. The van der Waals surface area contributed by atoms with Crippen LogP contribution in [0.2, 0.25) is 5.02 Å². The number of nitrogens with zero attached hydrogens (tertiary/aromatic N) is 1. The number of anilines is 3. The molecule has 0 aliphatic rings. The topological polar surface area (TPSA) is 16.4 Å². The van der Waals surface area contributed by atoms with Crippen molar-refractivity contribution in [1.82, 2.24) is 0 Å². The first-order chi connectivity index (χ1) is 16.3. The monoisotopic (exact) mass is 445 g/mol. The zero-order valence-electron chi connectivity index (χ0n) is 17.8. The van der Waals surface area contributed by atoms with Crippen LogP contribution in [-0.4, -0.2) is 0 Å². The van der Waals surface area contributed by atoms with Crippen molar-refractivity contribution in [1.29, 1.82) is 0 Å². The van der Waals surface area contributed by atoms with E-state index < -0.39 is 0 Å². The summed E-state index contributed by atoms with van der Waals surface area (Å²) < 4.78 is 6.04. The molecular formula is C30H20ClNO. The predicted molar refractivity (Wildman–Crippen MR) is 139 cm³/mol. The Labute approximate surface area is 197 Å². The Morgan fingerprint density at radius 3 is 1.88 bits per heavy atom. The van der Waals surface area contributed by atoms with Crippen LogP contribution in [0.5, 0.6) is 0 Å². The molecule has 0 bridgehead atoms. The molecular weight excluding hydrogens is 426 g/mol. The minimum absolute atomic E-state index is 0.672. The molecule has 0 aliphatic heterocycles. The summed E-state index contributed by atoms with van der Waals surface area (Å²) in [6, 6.07) is 41.7. The molecule has 0 atom stereocenters. The third-order valence-electron chi connectivity index (χ3n) is 5.92. The smallest absolute Gasteiger partial charge is 0.136 e. The molecule has 0 N–H and O–H groups in total. The van der Waals surface area contributed by atoms with Gasteiger partial charge in [-0.1, -0.05) is 72.3 Å². The summed E-state index contributed by atoms with van der Waals surface area (Å²) in [5.74, 6) is 0. The molecule has 0 saturated heterocycles. The van der Waals surface area contributed by atoms with E-state index in [9.17, 15) is 0 Å². The zero-order chi connectivity index (χ0) is 22.2. The van der Waals surface area contributed by atoms with E-state index in [1.54, 1.807) is 0 Å². The molecule has 6 aromatic rings. The highest BCUT2D eigenvalue weighted by Crippen LogP contribution is 2.39. The van der Waals surface area contributed by atoms with Gasteiger partial charge in [-0.05, 0) is 65.7 Å². The van der Waals surface area contributed by atoms with Crippen molar-refractivity contribution in [3.63, 3.8) is 0 Å². The van der Waals surface area contributed by atoms with Crippen LogP contribution in [0.25, 0.3) is 33.1 Å². The Morgan fingerprint density at radius 2 is 1.12 bits per heavy atom. The van der Waals surface area contributed by atoms with Crippen molar-refractivity contribution in [2.45, 2.75) is 0 Å². The molecule has 3 heteroatoms. The van der Waals surface area contributed by atoms with Crippen molar-refractivity contribution in [3.05, 3.63) is 126 Å². The molecule has 6 rings (SSSR count). The number of hydrogen-bond acceptors (Lipinski definition) is 2. The minimum atomic E-state index is 0.672.